The minimum Gasteiger partial charge on any atom is -0.481 e. The monoisotopic (exact) mass is 264 g/mol. The molecule has 0 aromatic heterocycles. The first-order chi connectivity index (χ1) is 8.91. The Morgan fingerprint density at radius 1 is 1.37 bits per heavy atom. The number of nitrogens with one attached hydrogen (secondary N) is 1. The van der Waals surface area contributed by atoms with Crippen molar-refractivity contribution in [2.75, 3.05) is 20.6 Å². The van der Waals surface area contributed by atoms with E-state index in [-0.39, 0.29) is 18.9 Å². The van der Waals surface area contributed by atoms with Gasteiger partial charge in [-0.1, -0.05) is 29.8 Å². The lowest BCUT2D eigenvalue weighted by Gasteiger charge is -2.24. The second-order valence-electron chi connectivity index (χ2n) is 4.72. The lowest BCUT2D eigenvalue weighted by molar-refractivity contribution is -0.137. The minimum atomic E-state index is -0.919. The maximum atomic E-state index is 12.1. The molecule has 0 radical (unpaired) electrons. The number of hydrogen-bond acceptors (Lipinski definition) is 3. The molecular formula is C14H20N2O3. The van der Waals surface area contributed by atoms with Crippen molar-refractivity contribution in [3.05, 3.63) is 35.4 Å². The van der Waals surface area contributed by atoms with E-state index >= 15 is 0 Å². The molecule has 0 spiro atoms. The summed E-state index contributed by atoms with van der Waals surface area (Å²) < 4.78 is 0. The zero-order valence-corrected chi connectivity index (χ0v) is 11.5. The number of carbonyl (C=O) groups excluding carboxylic acids is 1. The number of nitrogens with zero attached hydrogens (tertiary/aromatic N) is 1. The van der Waals surface area contributed by atoms with Crippen LogP contribution in [0.2, 0.25) is 0 Å². The van der Waals surface area contributed by atoms with E-state index in [2.05, 4.69) is 5.32 Å². The molecule has 1 aromatic rings. The summed E-state index contributed by atoms with van der Waals surface area (Å²) in [5.41, 5.74) is 1.99. The van der Waals surface area contributed by atoms with E-state index in [1.165, 1.54) is 0 Å². The largest absolute Gasteiger partial charge is 0.481 e. The average molecular weight is 264 g/mol. The molecule has 1 atom stereocenters. The zero-order chi connectivity index (χ0) is 14.4. The summed E-state index contributed by atoms with van der Waals surface area (Å²) in [5, 5.41) is 11.2. The fraction of sp³-hybridized carbons (Fsp3) is 0.429. The molecule has 1 unspecified atom stereocenters. The van der Waals surface area contributed by atoms with Crippen LogP contribution in [0.5, 0.6) is 0 Å². The first kappa shape index (κ1) is 15.2. The van der Waals surface area contributed by atoms with E-state index in [1.54, 1.807) is 0 Å². The summed E-state index contributed by atoms with van der Waals surface area (Å²) in [6.07, 6.45) is -0.0697. The highest BCUT2D eigenvalue weighted by Gasteiger charge is 2.22. The molecular weight excluding hydrogens is 244 g/mol. The summed E-state index contributed by atoms with van der Waals surface area (Å²) in [5.74, 6) is -1.10. The Morgan fingerprint density at radius 2 is 2.05 bits per heavy atom. The third-order valence-corrected chi connectivity index (χ3v) is 2.76. The maximum Gasteiger partial charge on any atom is 0.305 e. The number of hydrogen-bond donors (Lipinski definition) is 2. The van der Waals surface area contributed by atoms with Crippen LogP contribution in [0, 0.1) is 6.92 Å². The smallest absolute Gasteiger partial charge is 0.305 e. The second kappa shape index (κ2) is 6.89. The van der Waals surface area contributed by atoms with Crippen molar-refractivity contribution in [2.24, 2.45) is 0 Å². The molecule has 0 saturated heterocycles. The van der Waals surface area contributed by atoms with E-state index < -0.39 is 12.0 Å². The Labute approximate surface area is 113 Å². The van der Waals surface area contributed by atoms with Crippen LogP contribution in [0.3, 0.4) is 0 Å². The van der Waals surface area contributed by atoms with Gasteiger partial charge in [-0.3, -0.25) is 14.5 Å². The van der Waals surface area contributed by atoms with Gasteiger partial charge in [0.05, 0.1) is 6.42 Å². The first-order valence-electron chi connectivity index (χ1n) is 6.14. The third-order valence-electron chi connectivity index (χ3n) is 2.76. The molecule has 0 heterocycles. The van der Waals surface area contributed by atoms with E-state index in [4.69, 9.17) is 5.11 Å². The number of likely N-dealkylation sites (N-methyl/N-ethyl adjacent to an activating group) is 1. The molecule has 0 aliphatic carbocycles. The lowest BCUT2D eigenvalue weighted by Crippen LogP contribution is -2.37. The minimum absolute atomic E-state index is 0.0697. The predicted octanol–water partition coefficient (Wildman–Crippen LogP) is 1.19. The number of aryl methyl sites for hydroxylation is 1. The number of carbonyl (C=O) groups is 2. The van der Waals surface area contributed by atoms with Gasteiger partial charge >= 0.3 is 5.97 Å². The number of benzene rings is 1. The van der Waals surface area contributed by atoms with E-state index in [0.29, 0.717) is 0 Å². The van der Waals surface area contributed by atoms with Gasteiger partial charge in [-0.15, -0.1) is 0 Å². The molecule has 0 fully saturated rings. The highest BCUT2D eigenvalue weighted by atomic mass is 16.4. The Hall–Kier alpha value is -1.88. The molecule has 0 aliphatic heterocycles. The van der Waals surface area contributed by atoms with Crippen LogP contribution in [0.15, 0.2) is 24.3 Å². The Morgan fingerprint density at radius 3 is 2.58 bits per heavy atom. The summed E-state index contributed by atoms with van der Waals surface area (Å²) in [7, 11) is 3.65. The van der Waals surface area contributed by atoms with E-state index in [9.17, 15) is 9.59 Å². The van der Waals surface area contributed by atoms with Crippen molar-refractivity contribution >= 4 is 11.9 Å². The highest BCUT2D eigenvalue weighted by Crippen LogP contribution is 2.19. The zero-order valence-electron chi connectivity index (χ0n) is 11.5. The molecule has 104 valence electrons. The van der Waals surface area contributed by atoms with Gasteiger partial charge in [0.2, 0.25) is 5.91 Å². The highest BCUT2D eigenvalue weighted by molar-refractivity contribution is 5.83. The van der Waals surface area contributed by atoms with Crippen LogP contribution in [-0.2, 0) is 9.59 Å². The van der Waals surface area contributed by atoms with Gasteiger partial charge in [0.1, 0.15) is 6.04 Å². The van der Waals surface area contributed by atoms with Crippen molar-refractivity contribution in [1.29, 1.82) is 0 Å². The van der Waals surface area contributed by atoms with Gasteiger partial charge in [-0.05, 0) is 26.6 Å². The number of rotatable bonds is 6. The normalized spacial score (nSPS) is 12.2. The molecule has 5 heteroatoms. The van der Waals surface area contributed by atoms with Gasteiger partial charge in [-0.2, -0.15) is 0 Å². The second-order valence-corrected chi connectivity index (χ2v) is 4.72. The molecule has 0 aliphatic rings. The summed E-state index contributed by atoms with van der Waals surface area (Å²) in [6.45, 7) is 2.11. The summed E-state index contributed by atoms with van der Waals surface area (Å²) >= 11 is 0. The van der Waals surface area contributed by atoms with Crippen LogP contribution < -0.4 is 5.32 Å². The fourth-order valence-corrected chi connectivity index (χ4v) is 1.91. The van der Waals surface area contributed by atoms with Crippen molar-refractivity contribution in [1.82, 2.24) is 10.2 Å². The van der Waals surface area contributed by atoms with E-state index in [0.717, 1.165) is 11.1 Å². The van der Waals surface area contributed by atoms with Crippen LogP contribution in [-0.4, -0.2) is 42.5 Å². The first-order valence-corrected chi connectivity index (χ1v) is 6.14. The quantitative estimate of drug-likeness (QED) is 0.809. The predicted molar refractivity (Wildman–Crippen MR) is 72.9 cm³/mol. The number of carboxylic acid groups (broad SMARTS) is 1. The third kappa shape index (κ3) is 4.71. The molecule has 0 saturated carbocycles. The number of carboxylic acids is 1. The molecule has 1 rings (SSSR count). The van der Waals surface area contributed by atoms with Crippen LogP contribution in [0.1, 0.15) is 23.6 Å². The molecule has 2 N–H and O–H groups in total. The van der Waals surface area contributed by atoms with E-state index in [1.807, 2.05) is 50.2 Å². The molecule has 1 amide bonds. The van der Waals surface area contributed by atoms with Gasteiger partial charge in [0.25, 0.3) is 0 Å². The standard InChI is InChI=1S/C14H20N2O3/c1-10-5-4-6-11(9-10)13(16(2)3)14(19)15-8-7-12(17)18/h4-6,9,13H,7-8H2,1-3H3,(H,15,19)(H,17,18). The number of aliphatic carboxylic acids is 1. The van der Waals surface area contributed by atoms with Crippen LogP contribution in [0.4, 0.5) is 0 Å². The Balaban J connectivity index is 2.77. The topological polar surface area (TPSA) is 69.6 Å². The summed E-state index contributed by atoms with van der Waals surface area (Å²) in [4.78, 5) is 24.4. The maximum absolute atomic E-state index is 12.1. The van der Waals surface area contributed by atoms with Crippen molar-refractivity contribution in [3.63, 3.8) is 0 Å². The van der Waals surface area contributed by atoms with Crippen molar-refractivity contribution in [2.45, 2.75) is 19.4 Å². The summed E-state index contributed by atoms with van der Waals surface area (Å²) in [6, 6.07) is 7.33. The van der Waals surface area contributed by atoms with Crippen LogP contribution >= 0.6 is 0 Å². The fourth-order valence-electron chi connectivity index (χ4n) is 1.91. The average Bonchev–Trinajstić information content (AvgIpc) is 2.28. The Bertz CT molecular complexity index is 458. The van der Waals surface area contributed by atoms with Crippen LogP contribution in [0.25, 0.3) is 0 Å². The lowest BCUT2D eigenvalue weighted by atomic mass is 10.0. The molecule has 0 bridgehead atoms. The van der Waals surface area contributed by atoms with Gasteiger partial charge in [0.15, 0.2) is 0 Å². The van der Waals surface area contributed by atoms with Gasteiger partial charge < -0.3 is 10.4 Å². The SMILES string of the molecule is Cc1cccc(C(C(=O)NCCC(=O)O)N(C)C)c1. The Kier molecular flexibility index (Phi) is 5.51. The molecule has 5 nitrogen and oxygen atoms in total. The van der Waals surface area contributed by atoms with Gasteiger partial charge in [-0.25, -0.2) is 0 Å². The molecule has 19 heavy (non-hydrogen) atoms. The number of amides is 1. The van der Waals surface area contributed by atoms with Crippen molar-refractivity contribution in [3.8, 4) is 0 Å². The van der Waals surface area contributed by atoms with Gasteiger partial charge in [0, 0.05) is 6.54 Å². The molecule has 1 aromatic carbocycles. The van der Waals surface area contributed by atoms with Crippen molar-refractivity contribution < 1.29 is 14.7 Å².